The zero-order chi connectivity index (χ0) is 16.4. The largest absolute Gasteiger partial charge is 0.469 e. The molecule has 0 unspecified atom stereocenters. The van der Waals surface area contributed by atoms with E-state index in [0.717, 1.165) is 25.3 Å². The molecule has 0 aliphatic carbocycles. The highest BCUT2D eigenvalue weighted by atomic mass is 19.4. The quantitative estimate of drug-likeness (QED) is 0.529. The third kappa shape index (κ3) is 4.17. The van der Waals surface area contributed by atoms with Crippen LogP contribution in [0.4, 0.5) is 32.0 Å². The molecule has 1 rings (SSSR count). The average molecular weight is 317 g/mol. The second-order valence-electron chi connectivity index (χ2n) is 3.83. The summed E-state index contributed by atoms with van der Waals surface area (Å²) in [6.45, 7) is 0. The SMILES string of the molecule is COC(=O)c1ccc(OC(C(F)(F)F)C(F)(F)F)c(N)c1. The number of esters is 1. The summed E-state index contributed by atoms with van der Waals surface area (Å²) in [5.74, 6) is -1.70. The fourth-order valence-corrected chi connectivity index (χ4v) is 1.35. The number of carbonyl (C=O) groups excluding carboxylic acids is 1. The van der Waals surface area contributed by atoms with Gasteiger partial charge in [-0.15, -0.1) is 0 Å². The highest BCUT2D eigenvalue weighted by Crippen LogP contribution is 2.38. The summed E-state index contributed by atoms with van der Waals surface area (Å²) in [5, 5.41) is 0. The van der Waals surface area contributed by atoms with Crippen LogP contribution in [0.5, 0.6) is 5.75 Å². The maximum Gasteiger partial charge on any atom is 0.434 e. The Balaban J connectivity index is 3.09. The molecule has 0 bridgehead atoms. The summed E-state index contributed by atoms with van der Waals surface area (Å²) in [6, 6.07) is 2.51. The van der Waals surface area contributed by atoms with Crippen molar-refractivity contribution in [2.24, 2.45) is 0 Å². The number of halogens is 6. The van der Waals surface area contributed by atoms with E-state index in [0.29, 0.717) is 0 Å². The summed E-state index contributed by atoms with van der Waals surface area (Å²) >= 11 is 0. The van der Waals surface area contributed by atoms with Crippen LogP contribution in [-0.4, -0.2) is 31.5 Å². The smallest absolute Gasteiger partial charge is 0.434 e. The number of hydrogen-bond acceptors (Lipinski definition) is 4. The summed E-state index contributed by atoms with van der Waals surface area (Å²) in [5.41, 5.74) is 4.58. The molecule has 1 aromatic carbocycles. The molecule has 10 heteroatoms. The van der Waals surface area contributed by atoms with Crippen molar-refractivity contribution in [3.05, 3.63) is 23.8 Å². The molecule has 4 nitrogen and oxygen atoms in total. The number of nitrogen functional groups attached to an aromatic ring is 1. The Morgan fingerprint density at radius 2 is 1.67 bits per heavy atom. The van der Waals surface area contributed by atoms with Crippen molar-refractivity contribution in [1.82, 2.24) is 0 Å². The summed E-state index contributed by atoms with van der Waals surface area (Å²) in [6.07, 6.45) is -15.3. The Kier molecular flexibility index (Phi) is 4.59. The lowest BCUT2D eigenvalue weighted by Gasteiger charge is -2.24. The first-order valence-electron chi connectivity index (χ1n) is 5.24. The van der Waals surface area contributed by atoms with Crippen molar-refractivity contribution in [3.63, 3.8) is 0 Å². The van der Waals surface area contributed by atoms with Gasteiger partial charge in [0.2, 0.25) is 0 Å². The van der Waals surface area contributed by atoms with Crippen LogP contribution in [0.2, 0.25) is 0 Å². The standard InChI is InChI=1S/C11H9F6NO3/c1-20-8(19)5-2-3-7(6(18)4-5)21-9(10(12,13)14)11(15,16)17/h2-4,9H,18H2,1H3. The van der Waals surface area contributed by atoms with Gasteiger partial charge < -0.3 is 15.2 Å². The van der Waals surface area contributed by atoms with E-state index in [2.05, 4.69) is 9.47 Å². The van der Waals surface area contributed by atoms with Crippen LogP contribution in [0.1, 0.15) is 10.4 Å². The molecule has 0 radical (unpaired) electrons. The van der Waals surface area contributed by atoms with E-state index in [4.69, 9.17) is 5.73 Å². The third-order valence-corrected chi connectivity index (χ3v) is 2.27. The van der Waals surface area contributed by atoms with E-state index in [1.807, 2.05) is 0 Å². The lowest BCUT2D eigenvalue weighted by atomic mass is 10.2. The van der Waals surface area contributed by atoms with Crippen molar-refractivity contribution in [2.45, 2.75) is 18.5 Å². The van der Waals surface area contributed by atoms with Gasteiger partial charge in [0, 0.05) is 0 Å². The Labute approximate surface area is 114 Å². The molecule has 0 heterocycles. The van der Waals surface area contributed by atoms with Crippen molar-refractivity contribution in [3.8, 4) is 5.75 Å². The molecule has 0 amide bonds. The van der Waals surface area contributed by atoms with Gasteiger partial charge in [0.05, 0.1) is 18.4 Å². The second-order valence-corrected chi connectivity index (χ2v) is 3.83. The monoisotopic (exact) mass is 317 g/mol. The van der Waals surface area contributed by atoms with Gasteiger partial charge in [0.15, 0.2) is 0 Å². The average Bonchev–Trinajstić information content (AvgIpc) is 2.33. The van der Waals surface area contributed by atoms with Gasteiger partial charge in [-0.2, -0.15) is 26.3 Å². The fraction of sp³-hybridized carbons (Fsp3) is 0.364. The first-order valence-corrected chi connectivity index (χ1v) is 5.24. The number of benzene rings is 1. The van der Waals surface area contributed by atoms with Crippen LogP contribution in [0.25, 0.3) is 0 Å². The zero-order valence-corrected chi connectivity index (χ0v) is 10.4. The highest BCUT2D eigenvalue weighted by Gasteiger charge is 2.59. The molecule has 0 aromatic heterocycles. The van der Waals surface area contributed by atoms with Crippen molar-refractivity contribution in [1.29, 1.82) is 0 Å². The predicted octanol–water partition coefficient (Wildman–Crippen LogP) is 2.93. The number of hydrogen-bond donors (Lipinski definition) is 1. The number of methoxy groups -OCH3 is 1. The van der Waals surface area contributed by atoms with Gasteiger partial charge in [-0.05, 0) is 18.2 Å². The Bertz CT molecular complexity index is 512. The highest BCUT2D eigenvalue weighted by molar-refractivity contribution is 5.90. The molecule has 0 aliphatic heterocycles. The van der Waals surface area contributed by atoms with Crippen LogP contribution in [0, 0.1) is 0 Å². The Morgan fingerprint density at radius 1 is 1.14 bits per heavy atom. The number of anilines is 1. The first-order chi connectivity index (χ1) is 9.46. The zero-order valence-electron chi connectivity index (χ0n) is 10.4. The van der Waals surface area contributed by atoms with E-state index < -0.39 is 35.9 Å². The molecular weight excluding hydrogens is 308 g/mol. The number of rotatable bonds is 3. The van der Waals surface area contributed by atoms with Crippen LogP contribution < -0.4 is 10.5 Å². The van der Waals surface area contributed by atoms with Gasteiger partial charge >= 0.3 is 18.3 Å². The van der Waals surface area contributed by atoms with E-state index in [1.165, 1.54) is 0 Å². The van der Waals surface area contributed by atoms with Crippen LogP contribution >= 0.6 is 0 Å². The van der Waals surface area contributed by atoms with E-state index in [1.54, 1.807) is 0 Å². The van der Waals surface area contributed by atoms with Crippen LogP contribution in [-0.2, 0) is 4.74 Å². The number of nitrogens with two attached hydrogens (primary N) is 1. The van der Waals surface area contributed by atoms with E-state index in [9.17, 15) is 31.1 Å². The van der Waals surface area contributed by atoms with Gasteiger partial charge in [-0.3, -0.25) is 0 Å². The van der Waals surface area contributed by atoms with Crippen LogP contribution in [0.15, 0.2) is 18.2 Å². The predicted molar refractivity (Wildman–Crippen MR) is 58.7 cm³/mol. The minimum absolute atomic E-state index is 0.141. The Hall–Kier alpha value is -2.13. The lowest BCUT2D eigenvalue weighted by Crippen LogP contribution is -2.46. The first kappa shape index (κ1) is 16.9. The minimum Gasteiger partial charge on any atom is -0.469 e. The molecule has 0 saturated heterocycles. The molecule has 0 aliphatic rings. The molecule has 2 N–H and O–H groups in total. The maximum absolute atomic E-state index is 12.3. The third-order valence-electron chi connectivity index (χ3n) is 2.27. The van der Waals surface area contributed by atoms with Gasteiger partial charge in [-0.25, -0.2) is 4.79 Å². The van der Waals surface area contributed by atoms with Crippen LogP contribution in [0.3, 0.4) is 0 Å². The lowest BCUT2D eigenvalue weighted by molar-refractivity contribution is -0.299. The Morgan fingerprint density at radius 3 is 2.05 bits per heavy atom. The molecule has 0 fully saturated rings. The molecule has 118 valence electrons. The fourth-order valence-electron chi connectivity index (χ4n) is 1.35. The van der Waals surface area contributed by atoms with Gasteiger partial charge in [-0.1, -0.05) is 0 Å². The molecule has 0 atom stereocenters. The normalized spacial score (nSPS) is 12.4. The summed E-state index contributed by atoms with van der Waals surface area (Å²) in [4.78, 5) is 11.1. The number of ether oxygens (including phenoxy) is 2. The van der Waals surface area contributed by atoms with Crippen molar-refractivity contribution >= 4 is 11.7 Å². The number of carbonyl (C=O) groups is 1. The molecule has 1 aromatic rings. The van der Waals surface area contributed by atoms with Crippen molar-refractivity contribution in [2.75, 3.05) is 12.8 Å². The molecule has 21 heavy (non-hydrogen) atoms. The van der Waals surface area contributed by atoms with E-state index in [-0.39, 0.29) is 5.56 Å². The van der Waals surface area contributed by atoms with E-state index >= 15 is 0 Å². The number of alkyl halides is 6. The molecular formula is C11H9F6NO3. The second kappa shape index (κ2) is 5.70. The van der Waals surface area contributed by atoms with Gasteiger partial charge in [0.1, 0.15) is 5.75 Å². The van der Waals surface area contributed by atoms with Crippen molar-refractivity contribution < 1.29 is 40.6 Å². The van der Waals surface area contributed by atoms with Gasteiger partial charge in [0.25, 0.3) is 6.10 Å². The molecule has 0 spiro atoms. The summed E-state index contributed by atoms with van der Waals surface area (Å²) in [7, 11) is 1.05. The topological polar surface area (TPSA) is 61.5 Å². The minimum atomic E-state index is -5.66. The molecule has 0 saturated carbocycles. The summed E-state index contributed by atoms with van der Waals surface area (Å²) < 4.78 is 82.3. The maximum atomic E-state index is 12.3.